The van der Waals surface area contributed by atoms with Crippen LogP contribution in [0.1, 0.15) is 73.1 Å². The first-order chi connectivity index (χ1) is 13.5. The molecule has 6 atom stereocenters. The molecule has 0 radical (unpaired) electrons. The van der Waals surface area contributed by atoms with Gasteiger partial charge >= 0.3 is 5.97 Å². The van der Waals surface area contributed by atoms with Gasteiger partial charge in [0.15, 0.2) is 18.2 Å². The van der Waals surface area contributed by atoms with Gasteiger partial charge in [0.2, 0.25) is 0 Å². The Morgan fingerprint density at radius 1 is 1.21 bits per heavy atom. The van der Waals surface area contributed by atoms with Crippen LogP contribution in [0.2, 0.25) is 0 Å². The van der Waals surface area contributed by atoms with E-state index in [4.69, 9.17) is 4.74 Å². The van der Waals surface area contributed by atoms with E-state index in [1.807, 2.05) is 6.08 Å². The van der Waals surface area contributed by atoms with Crippen molar-refractivity contribution in [3.05, 3.63) is 23.3 Å². The van der Waals surface area contributed by atoms with Crippen LogP contribution < -0.4 is 0 Å². The molecule has 0 aromatic rings. The molecule has 0 amide bonds. The highest BCUT2D eigenvalue weighted by Crippen LogP contribution is 2.69. The lowest BCUT2D eigenvalue weighted by Crippen LogP contribution is -2.51. The molecule has 0 aromatic carbocycles. The van der Waals surface area contributed by atoms with Crippen molar-refractivity contribution in [2.75, 3.05) is 6.61 Å². The monoisotopic (exact) mass is 398 g/mol. The van der Waals surface area contributed by atoms with Crippen LogP contribution in [0.4, 0.5) is 0 Å². The smallest absolute Gasteiger partial charge is 0.303 e. The first-order valence-corrected chi connectivity index (χ1v) is 11.1. The minimum absolute atomic E-state index is 0.0160. The van der Waals surface area contributed by atoms with Gasteiger partial charge in [-0.1, -0.05) is 44.9 Å². The van der Waals surface area contributed by atoms with Crippen molar-refractivity contribution in [3.8, 4) is 0 Å². The minimum atomic E-state index is -0.491. The summed E-state index contributed by atoms with van der Waals surface area (Å²) in [5.74, 6) is 1.13. The summed E-state index contributed by atoms with van der Waals surface area (Å²) in [6.45, 7) is 10.2. The van der Waals surface area contributed by atoms with Crippen LogP contribution in [0, 0.1) is 34.0 Å². The van der Waals surface area contributed by atoms with Gasteiger partial charge in [-0.05, 0) is 61.3 Å². The second kappa shape index (κ2) is 6.65. The van der Waals surface area contributed by atoms with E-state index >= 15 is 0 Å². The van der Waals surface area contributed by atoms with Crippen LogP contribution in [0.15, 0.2) is 23.3 Å². The third-order valence-electron chi connectivity index (χ3n) is 9.49. The Balaban J connectivity index is 1.70. The molecule has 4 heteroatoms. The predicted octanol–water partition coefficient (Wildman–Crippen LogP) is 4.82. The maximum Gasteiger partial charge on any atom is 0.303 e. The maximum absolute atomic E-state index is 13.3. The molecule has 2 unspecified atom stereocenters. The highest BCUT2D eigenvalue weighted by molar-refractivity contribution is 5.92. The molecule has 4 aliphatic rings. The molecule has 4 rings (SSSR count). The molecule has 2 saturated carbocycles. The standard InChI is InChI=1S/C25H34O4/c1-15-12-21-19-7-6-17-13-18(27)8-10-23(17,3)20(19)9-11-24(21,4)25(15,5)22(28)14-29-16(2)26/h9,13,15,19,21H,6-8,10-12,14H2,1-5H3/t15-,19?,21?,23+,24+,25-/m1/s1. The predicted molar refractivity (Wildman–Crippen MR) is 111 cm³/mol. The number of esters is 1. The largest absolute Gasteiger partial charge is 0.458 e. The van der Waals surface area contributed by atoms with Gasteiger partial charge in [-0.15, -0.1) is 0 Å². The van der Waals surface area contributed by atoms with Crippen molar-refractivity contribution < 1.29 is 19.1 Å². The van der Waals surface area contributed by atoms with Gasteiger partial charge in [-0.3, -0.25) is 14.4 Å². The Hall–Kier alpha value is -1.71. The van der Waals surface area contributed by atoms with Gasteiger partial charge in [0, 0.05) is 24.2 Å². The average Bonchev–Trinajstić information content (AvgIpc) is 2.88. The first-order valence-electron chi connectivity index (χ1n) is 11.1. The molecule has 158 valence electrons. The highest BCUT2D eigenvalue weighted by Gasteiger charge is 2.65. The molecule has 0 aromatic heterocycles. The third kappa shape index (κ3) is 2.74. The normalized spacial score (nSPS) is 43.5. The van der Waals surface area contributed by atoms with Crippen LogP contribution in [0.25, 0.3) is 0 Å². The van der Waals surface area contributed by atoms with E-state index in [2.05, 4.69) is 33.8 Å². The van der Waals surface area contributed by atoms with E-state index in [0.29, 0.717) is 18.3 Å². The Morgan fingerprint density at radius 2 is 1.93 bits per heavy atom. The van der Waals surface area contributed by atoms with Crippen molar-refractivity contribution in [3.63, 3.8) is 0 Å². The molecule has 0 saturated heterocycles. The molecule has 4 nitrogen and oxygen atoms in total. The lowest BCUT2D eigenvalue weighted by molar-refractivity contribution is -0.153. The quantitative estimate of drug-likeness (QED) is 0.505. The Labute approximate surface area is 174 Å². The number of carbonyl (C=O) groups excluding carboxylic acids is 3. The van der Waals surface area contributed by atoms with Crippen molar-refractivity contribution >= 4 is 17.5 Å². The second-order valence-corrected chi connectivity index (χ2v) is 10.5. The minimum Gasteiger partial charge on any atom is -0.458 e. The fraction of sp³-hybridized carbons (Fsp3) is 0.720. The third-order valence-corrected chi connectivity index (χ3v) is 9.49. The van der Waals surface area contributed by atoms with Gasteiger partial charge in [0.1, 0.15) is 0 Å². The number of carbonyl (C=O) groups is 3. The Bertz CT molecular complexity index is 836. The second-order valence-electron chi connectivity index (χ2n) is 10.5. The maximum atomic E-state index is 13.3. The van der Waals surface area contributed by atoms with E-state index < -0.39 is 11.4 Å². The number of ketones is 2. The Morgan fingerprint density at radius 3 is 2.62 bits per heavy atom. The zero-order valence-corrected chi connectivity index (χ0v) is 18.5. The summed E-state index contributed by atoms with van der Waals surface area (Å²) in [5, 5.41) is 0. The summed E-state index contributed by atoms with van der Waals surface area (Å²) in [6, 6.07) is 0. The van der Waals surface area contributed by atoms with E-state index in [9.17, 15) is 14.4 Å². The first kappa shape index (κ1) is 20.6. The fourth-order valence-electron chi connectivity index (χ4n) is 7.34. The van der Waals surface area contributed by atoms with Crippen LogP contribution in [0.3, 0.4) is 0 Å². The zero-order chi connectivity index (χ0) is 21.2. The lowest BCUT2D eigenvalue weighted by atomic mass is 9.48. The zero-order valence-electron chi connectivity index (χ0n) is 18.5. The summed E-state index contributed by atoms with van der Waals surface area (Å²) >= 11 is 0. The molecular formula is C25H34O4. The topological polar surface area (TPSA) is 60.4 Å². The van der Waals surface area contributed by atoms with E-state index in [0.717, 1.165) is 32.1 Å². The van der Waals surface area contributed by atoms with Gasteiger partial charge in [0.25, 0.3) is 0 Å². The number of Topliss-reactive ketones (excluding diaryl/α,β-unsaturated/α-hetero) is 1. The summed E-state index contributed by atoms with van der Waals surface area (Å²) in [7, 11) is 0. The molecule has 0 heterocycles. The van der Waals surface area contributed by atoms with Crippen molar-refractivity contribution in [2.45, 2.75) is 73.1 Å². The average molecular weight is 399 g/mol. The van der Waals surface area contributed by atoms with Gasteiger partial charge < -0.3 is 4.74 Å². The number of fused-ring (bicyclic) bond motifs is 5. The number of hydrogen-bond acceptors (Lipinski definition) is 4. The molecule has 0 aliphatic heterocycles. The van der Waals surface area contributed by atoms with Gasteiger partial charge in [-0.25, -0.2) is 0 Å². The van der Waals surface area contributed by atoms with Crippen LogP contribution in [0.5, 0.6) is 0 Å². The number of ether oxygens (including phenoxy) is 1. The Kier molecular flexibility index (Phi) is 4.71. The molecule has 0 N–H and O–H groups in total. The van der Waals surface area contributed by atoms with E-state index in [-0.39, 0.29) is 34.9 Å². The highest BCUT2D eigenvalue weighted by atomic mass is 16.5. The van der Waals surface area contributed by atoms with Crippen molar-refractivity contribution in [1.82, 2.24) is 0 Å². The molecule has 29 heavy (non-hydrogen) atoms. The number of hydrogen-bond donors (Lipinski definition) is 0. The van der Waals surface area contributed by atoms with Crippen LogP contribution in [-0.2, 0) is 19.1 Å². The summed E-state index contributed by atoms with van der Waals surface area (Å²) < 4.78 is 5.11. The van der Waals surface area contributed by atoms with Gasteiger partial charge in [0.05, 0.1) is 0 Å². The molecule has 0 spiro atoms. The molecular weight excluding hydrogens is 364 g/mol. The van der Waals surface area contributed by atoms with E-state index in [1.165, 1.54) is 18.1 Å². The van der Waals surface area contributed by atoms with Crippen LogP contribution >= 0.6 is 0 Å². The molecule has 2 fully saturated rings. The lowest BCUT2D eigenvalue weighted by Gasteiger charge is -2.55. The molecule has 0 bridgehead atoms. The number of allylic oxidation sites excluding steroid dienone is 4. The van der Waals surface area contributed by atoms with E-state index in [1.54, 1.807) is 0 Å². The SMILES string of the molecule is CC(=O)OCC(=O)[C@@]1(C)[C@H](C)CC2C3CCC4=CC(=O)CC[C@]4(C)C3=CC[C@@]21C. The fourth-order valence-corrected chi connectivity index (χ4v) is 7.34. The molecule has 4 aliphatic carbocycles. The summed E-state index contributed by atoms with van der Waals surface area (Å²) in [5.41, 5.74) is 2.24. The summed E-state index contributed by atoms with van der Waals surface area (Å²) in [4.78, 5) is 36.6. The van der Waals surface area contributed by atoms with Gasteiger partial charge in [-0.2, -0.15) is 0 Å². The van der Waals surface area contributed by atoms with Crippen molar-refractivity contribution in [1.29, 1.82) is 0 Å². The van der Waals surface area contributed by atoms with Crippen molar-refractivity contribution in [2.24, 2.45) is 34.0 Å². The summed E-state index contributed by atoms with van der Waals surface area (Å²) in [6.07, 6.45) is 9.87. The van der Waals surface area contributed by atoms with Crippen LogP contribution in [-0.4, -0.2) is 24.1 Å². The number of rotatable bonds is 3.